The van der Waals surface area contributed by atoms with Crippen molar-refractivity contribution in [2.45, 2.75) is 19.0 Å². The van der Waals surface area contributed by atoms with Crippen LogP contribution >= 0.6 is 0 Å². The molecule has 0 bridgehead atoms. The minimum Gasteiger partial charge on any atom is -0.326 e. The zero-order valence-electron chi connectivity index (χ0n) is 17.2. The highest BCUT2D eigenvalue weighted by Gasteiger charge is 2.46. The van der Waals surface area contributed by atoms with E-state index in [4.69, 9.17) is 0 Å². The number of anilines is 2. The molecule has 0 saturated carbocycles. The number of hydrogen-bond acceptors (Lipinski definition) is 3. The molecule has 0 aromatic heterocycles. The van der Waals surface area contributed by atoms with E-state index in [1.165, 1.54) is 59.5 Å². The summed E-state index contributed by atoms with van der Waals surface area (Å²) in [5, 5.41) is 2.51. The number of halogens is 3. The Bertz CT molecular complexity index is 1200. The Morgan fingerprint density at radius 1 is 0.848 bits per heavy atom. The first-order valence-corrected chi connectivity index (χ1v) is 10.0. The van der Waals surface area contributed by atoms with Crippen molar-refractivity contribution in [3.05, 3.63) is 95.8 Å². The molecule has 6 nitrogen and oxygen atoms in total. The van der Waals surface area contributed by atoms with E-state index in [0.29, 0.717) is 5.56 Å². The second-order valence-electron chi connectivity index (χ2n) is 7.47. The van der Waals surface area contributed by atoms with E-state index >= 15 is 0 Å². The molecule has 1 N–H and O–H groups in total. The summed E-state index contributed by atoms with van der Waals surface area (Å²) in [5.41, 5.74) is 0.912. The Hall–Kier alpha value is -4.14. The summed E-state index contributed by atoms with van der Waals surface area (Å²) < 4.78 is 40.0. The van der Waals surface area contributed by atoms with Gasteiger partial charge in [-0.05, 0) is 60.2 Å². The number of rotatable bonds is 6. The van der Waals surface area contributed by atoms with Gasteiger partial charge in [-0.3, -0.25) is 9.59 Å². The Morgan fingerprint density at radius 3 is 2.12 bits per heavy atom. The number of imide groups is 1. The summed E-state index contributed by atoms with van der Waals surface area (Å²) in [6.45, 7) is -0.0551. The SMILES string of the molecule is O=C(C[C@@H]1C(=O)N(c2ccc(F)cc2)C(=O)N1Cc1ccc(F)cc1)Nc1cccc(F)c1. The highest BCUT2D eigenvalue weighted by molar-refractivity contribution is 6.22. The molecule has 0 aliphatic carbocycles. The van der Waals surface area contributed by atoms with Crippen molar-refractivity contribution in [1.29, 1.82) is 0 Å². The summed E-state index contributed by atoms with van der Waals surface area (Å²) in [4.78, 5) is 41.0. The van der Waals surface area contributed by atoms with Gasteiger partial charge in [0.05, 0.1) is 12.1 Å². The molecule has 168 valence electrons. The third kappa shape index (κ3) is 4.87. The molecule has 33 heavy (non-hydrogen) atoms. The highest BCUT2D eigenvalue weighted by Crippen LogP contribution is 2.29. The minimum absolute atomic E-state index is 0.0551. The van der Waals surface area contributed by atoms with Crippen LogP contribution in [0.2, 0.25) is 0 Å². The van der Waals surface area contributed by atoms with Gasteiger partial charge in [0.25, 0.3) is 5.91 Å². The number of hydrogen-bond donors (Lipinski definition) is 1. The van der Waals surface area contributed by atoms with Crippen molar-refractivity contribution in [3.8, 4) is 0 Å². The van der Waals surface area contributed by atoms with E-state index in [9.17, 15) is 27.6 Å². The summed E-state index contributed by atoms with van der Waals surface area (Å²) in [5.74, 6) is -2.80. The number of nitrogens with one attached hydrogen (secondary N) is 1. The van der Waals surface area contributed by atoms with Crippen molar-refractivity contribution < 1.29 is 27.6 Å². The van der Waals surface area contributed by atoms with Crippen LogP contribution in [0.5, 0.6) is 0 Å². The van der Waals surface area contributed by atoms with Crippen LogP contribution in [0, 0.1) is 17.5 Å². The molecule has 0 spiro atoms. The maximum Gasteiger partial charge on any atom is 0.332 e. The molecule has 1 saturated heterocycles. The Kier molecular flexibility index (Phi) is 6.12. The second-order valence-corrected chi connectivity index (χ2v) is 7.47. The second kappa shape index (κ2) is 9.15. The molecule has 9 heteroatoms. The molecular formula is C24H18F3N3O3. The van der Waals surface area contributed by atoms with Crippen LogP contribution in [0.15, 0.2) is 72.8 Å². The summed E-state index contributed by atoms with van der Waals surface area (Å²) >= 11 is 0. The zero-order valence-corrected chi connectivity index (χ0v) is 17.2. The minimum atomic E-state index is -1.17. The van der Waals surface area contributed by atoms with Gasteiger partial charge in [-0.2, -0.15) is 0 Å². The largest absolute Gasteiger partial charge is 0.332 e. The standard InChI is InChI=1S/C24H18F3N3O3/c25-16-6-4-15(5-7-16)14-29-21(13-22(31)28-19-3-1-2-18(27)12-19)23(32)30(24(29)33)20-10-8-17(26)9-11-20/h1-12,21H,13-14H2,(H,28,31)/t21-/m1/s1. The van der Waals surface area contributed by atoms with E-state index in [1.807, 2.05) is 0 Å². The first-order valence-electron chi connectivity index (χ1n) is 10.0. The topological polar surface area (TPSA) is 69.7 Å². The Morgan fingerprint density at radius 2 is 1.48 bits per heavy atom. The van der Waals surface area contributed by atoms with Gasteiger partial charge in [-0.1, -0.05) is 18.2 Å². The lowest BCUT2D eigenvalue weighted by molar-refractivity contribution is -0.124. The van der Waals surface area contributed by atoms with E-state index in [0.717, 1.165) is 23.1 Å². The molecule has 4 rings (SSSR count). The van der Waals surface area contributed by atoms with Crippen LogP contribution in [-0.4, -0.2) is 28.8 Å². The predicted molar refractivity (Wildman–Crippen MR) is 115 cm³/mol. The van der Waals surface area contributed by atoms with Crippen LogP contribution in [0.3, 0.4) is 0 Å². The average molecular weight is 453 g/mol. The summed E-state index contributed by atoms with van der Waals surface area (Å²) in [6, 6.07) is 13.6. The van der Waals surface area contributed by atoms with Gasteiger partial charge in [-0.15, -0.1) is 0 Å². The Balaban J connectivity index is 1.60. The quantitative estimate of drug-likeness (QED) is 0.560. The van der Waals surface area contributed by atoms with Crippen molar-refractivity contribution in [3.63, 3.8) is 0 Å². The van der Waals surface area contributed by atoms with Crippen molar-refractivity contribution in [2.24, 2.45) is 0 Å². The highest BCUT2D eigenvalue weighted by atomic mass is 19.1. The Labute approximate surface area is 187 Å². The lowest BCUT2D eigenvalue weighted by atomic mass is 10.1. The van der Waals surface area contributed by atoms with E-state index in [1.54, 1.807) is 0 Å². The van der Waals surface area contributed by atoms with Gasteiger partial charge < -0.3 is 10.2 Å². The fourth-order valence-electron chi connectivity index (χ4n) is 3.58. The lowest BCUT2D eigenvalue weighted by Crippen LogP contribution is -2.37. The monoisotopic (exact) mass is 453 g/mol. The number of carbonyl (C=O) groups excluding carboxylic acids is 3. The van der Waals surface area contributed by atoms with Gasteiger partial charge in [0.15, 0.2) is 0 Å². The number of amides is 4. The molecule has 1 aliphatic heterocycles. The van der Waals surface area contributed by atoms with Gasteiger partial charge in [0.2, 0.25) is 5.91 Å². The van der Waals surface area contributed by atoms with Crippen LogP contribution in [0.4, 0.5) is 29.3 Å². The molecule has 0 unspecified atom stereocenters. The van der Waals surface area contributed by atoms with Crippen molar-refractivity contribution in [2.75, 3.05) is 10.2 Å². The lowest BCUT2D eigenvalue weighted by Gasteiger charge is -2.21. The molecule has 0 radical (unpaired) electrons. The normalized spacial score (nSPS) is 15.8. The van der Waals surface area contributed by atoms with E-state index < -0.39 is 41.3 Å². The van der Waals surface area contributed by atoms with Crippen LogP contribution in [0.1, 0.15) is 12.0 Å². The van der Waals surface area contributed by atoms with Crippen LogP contribution < -0.4 is 10.2 Å². The summed E-state index contributed by atoms with van der Waals surface area (Å²) in [7, 11) is 0. The van der Waals surface area contributed by atoms with Crippen molar-refractivity contribution in [1.82, 2.24) is 4.90 Å². The maximum atomic E-state index is 13.4. The zero-order chi connectivity index (χ0) is 23.5. The molecule has 1 fully saturated rings. The van der Waals surface area contributed by atoms with Crippen molar-refractivity contribution >= 4 is 29.2 Å². The number of urea groups is 1. The van der Waals surface area contributed by atoms with Gasteiger partial charge in [0.1, 0.15) is 23.5 Å². The number of nitrogens with zero attached hydrogens (tertiary/aromatic N) is 2. The van der Waals surface area contributed by atoms with E-state index in [2.05, 4.69) is 5.32 Å². The first-order chi connectivity index (χ1) is 15.8. The molecule has 3 aromatic carbocycles. The fourth-order valence-corrected chi connectivity index (χ4v) is 3.58. The molecule has 3 aromatic rings. The van der Waals surface area contributed by atoms with Crippen LogP contribution in [0.25, 0.3) is 0 Å². The molecule has 1 atom stereocenters. The molecule has 1 heterocycles. The fraction of sp³-hybridized carbons (Fsp3) is 0.125. The van der Waals surface area contributed by atoms with Gasteiger partial charge in [-0.25, -0.2) is 22.9 Å². The molecule has 4 amide bonds. The number of benzene rings is 3. The van der Waals surface area contributed by atoms with Gasteiger partial charge in [0, 0.05) is 12.2 Å². The molecule has 1 aliphatic rings. The third-order valence-corrected chi connectivity index (χ3v) is 5.16. The predicted octanol–water partition coefficient (Wildman–Crippen LogP) is 4.47. The average Bonchev–Trinajstić information content (AvgIpc) is 3.00. The first kappa shape index (κ1) is 22.1. The third-order valence-electron chi connectivity index (χ3n) is 5.16. The number of carbonyl (C=O) groups is 3. The summed E-state index contributed by atoms with van der Waals surface area (Å²) in [6.07, 6.45) is -0.389. The van der Waals surface area contributed by atoms with E-state index in [-0.39, 0.29) is 24.3 Å². The maximum absolute atomic E-state index is 13.4. The molecular weight excluding hydrogens is 435 g/mol. The van der Waals surface area contributed by atoms with Crippen LogP contribution in [-0.2, 0) is 16.1 Å². The van der Waals surface area contributed by atoms with Gasteiger partial charge >= 0.3 is 6.03 Å². The smallest absolute Gasteiger partial charge is 0.326 e.